The number of ether oxygens (including phenoxy) is 4. The number of carbonyl (C=O) groups excluding carboxylic acids is 1. The molecule has 182 valence electrons. The third kappa shape index (κ3) is 12.5. The monoisotopic (exact) mass is 456 g/mol. The molecule has 0 aromatic heterocycles. The first-order valence-electron chi connectivity index (χ1n) is 10.6. The highest BCUT2D eigenvalue weighted by molar-refractivity contribution is 5.89. The number of anilines is 2. The van der Waals surface area contributed by atoms with Crippen LogP contribution in [-0.4, -0.2) is 73.2 Å². The van der Waals surface area contributed by atoms with E-state index in [1.807, 2.05) is 13.8 Å². The van der Waals surface area contributed by atoms with E-state index < -0.39 is 18.3 Å². The highest BCUT2D eigenvalue weighted by Crippen LogP contribution is 2.20. The van der Waals surface area contributed by atoms with E-state index in [4.69, 9.17) is 24.1 Å². The number of carbonyl (C=O) groups is 2. The minimum atomic E-state index is -1.19. The Bertz CT molecular complexity index is 713. The molecule has 0 aliphatic carbocycles. The van der Waals surface area contributed by atoms with E-state index in [0.717, 1.165) is 5.56 Å². The number of aryl methyl sites for hydroxylation is 1. The SMILES string of the molecule is Cc1ccc(NC(=O)O)cc1NC(=O)O[C@H](C)CO[C@H](C)COC[C@H](C)OCC[C@@H](C)O. The van der Waals surface area contributed by atoms with Crippen LogP contribution in [0.5, 0.6) is 0 Å². The minimum absolute atomic E-state index is 0.0837. The molecule has 2 amide bonds. The summed E-state index contributed by atoms with van der Waals surface area (Å²) in [5.74, 6) is 0. The molecule has 4 N–H and O–H groups in total. The zero-order valence-corrected chi connectivity index (χ0v) is 19.4. The Balaban J connectivity index is 2.29. The molecule has 0 aliphatic heterocycles. The second kappa shape index (κ2) is 14.6. The van der Waals surface area contributed by atoms with Gasteiger partial charge in [0.1, 0.15) is 6.10 Å². The number of nitrogens with one attached hydrogen (secondary N) is 2. The van der Waals surface area contributed by atoms with Crippen molar-refractivity contribution in [1.29, 1.82) is 0 Å². The lowest BCUT2D eigenvalue weighted by Crippen LogP contribution is -2.28. The number of hydrogen-bond acceptors (Lipinski definition) is 7. The molecule has 1 rings (SSSR count). The zero-order valence-electron chi connectivity index (χ0n) is 19.4. The van der Waals surface area contributed by atoms with Gasteiger partial charge in [-0.15, -0.1) is 0 Å². The van der Waals surface area contributed by atoms with Crippen molar-refractivity contribution in [2.24, 2.45) is 0 Å². The number of carboxylic acid groups (broad SMARTS) is 1. The number of aliphatic hydroxyl groups is 1. The van der Waals surface area contributed by atoms with Crippen molar-refractivity contribution in [2.45, 2.75) is 65.5 Å². The first-order valence-corrected chi connectivity index (χ1v) is 10.6. The second-order valence-corrected chi connectivity index (χ2v) is 7.80. The van der Waals surface area contributed by atoms with Gasteiger partial charge >= 0.3 is 12.2 Å². The standard InChI is InChI=1S/C22H36N2O8/c1-14-6-7-19(23-21(26)27)10-20(14)24-22(28)32-18(5)13-31-17(4)12-29-11-16(3)30-9-8-15(2)25/h6-7,10,15-18,23,25H,8-9,11-13H2,1-5H3,(H,24,28)(H,26,27)/t15-,16+,17-,18-/m1/s1. The average molecular weight is 457 g/mol. The van der Waals surface area contributed by atoms with E-state index in [2.05, 4.69) is 10.6 Å². The van der Waals surface area contributed by atoms with E-state index >= 15 is 0 Å². The lowest BCUT2D eigenvalue weighted by Gasteiger charge is -2.19. The van der Waals surface area contributed by atoms with Gasteiger partial charge in [0.25, 0.3) is 0 Å². The molecule has 1 aromatic carbocycles. The summed E-state index contributed by atoms with van der Waals surface area (Å²) in [6.45, 7) is 10.4. The Kier molecular flexibility index (Phi) is 12.6. The van der Waals surface area contributed by atoms with Crippen LogP contribution in [0.2, 0.25) is 0 Å². The molecule has 0 bridgehead atoms. The summed E-state index contributed by atoms with van der Waals surface area (Å²) < 4.78 is 22.1. The molecule has 4 atom stereocenters. The summed E-state index contributed by atoms with van der Waals surface area (Å²) in [5, 5.41) is 22.9. The normalized spacial score (nSPS) is 14.8. The third-order valence-electron chi connectivity index (χ3n) is 4.29. The molecule has 0 radical (unpaired) electrons. The summed E-state index contributed by atoms with van der Waals surface area (Å²) in [6, 6.07) is 4.80. The average Bonchev–Trinajstić information content (AvgIpc) is 2.68. The van der Waals surface area contributed by atoms with Crippen LogP contribution in [-0.2, 0) is 18.9 Å². The van der Waals surface area contributed by atoms with Gasteiger partial charge in [0.05, 0.1) is 38.1 Å². The maximum Gasteiger partial charge on any atom is 0.411 e. The van der Waals surface area contributed by atoms with Crippen LogP contribution in [0.15, 0.2) is 18.2 Å². The maximum atomic E-state index is 12.1. The maximum absolute atomic E-state index is 12.1. The summed E-state index contributed by atoms with van der Waals surface area (Å²) in [7, 11) is 0. The molecule has 0 aliphatic rings. The summed E-state index contributed by atoms with van der Waals surface area (Å²) in [6.07, 6.45) is -2.44. The highest BCUT2D eigenvalue weighted by Gasteiger charge is 2.14. The predicted octanol–water partition coefficient (Wildman–Crippen LogP) is 3.62. The smallest absolute Gasteiger partial charge is 0.411 e. The van der Waals surface area contributed by atoms with Crippen molar-refractivity contribution in [3.8, 4) is 0 Å². The fourth-order valence-electron chi connectivity index (χ4n) is 2.55. The number of rotatable bonds is 14. The fourth-order valence-corrected chi connectivity index (χ4v) is 2.55. The van der Waals surface area contributed by atoms with Gasteiger partial charge in [-0.3, -0.25) is 10.6 Å². The summed E-state index contributed by atoms with van der Waals surface area (Å²) >= 11 is 0. The first kappa shape index (κ1) is 27.6. The van der Waals surface area contributed by atoms with Crippen LogP contribution in [0.25, 0.3) is 0 Å². The van der Waals surface area contributed by atoms with E-state index in [1.165, 1.54) is 6.07 Å². The largest absolute Gasteiger partial charge is 0.465 e. The topological polar surface area (TPSA) is 136 Å². The molecule has 1 aromatic rings. The van der Waals surface area contributed by atoms with Crippen molar-refractivity contribution in [3.63, 3.8) is 0 Å². The van der Waals surface area contributed by atoms with E-state index in [-0.39, 0.29) is 24.9 Å². The zero-order chi connectivity index (χ0) is 24.1. The van der Waals surface area contributed by atoms with Crippen molar-refractivity contribution >= 4 is 23.6 Å². The second-order valence-electron chi connectivity index (χ2n) is 7.80. The lowest BCUT2D eigenvalue weighted by molar-refractivity contribution is -0.0633. The molecular weight excluding hydrogens is 420 g/mol. The molecule has 10 nitrogen and oxygen atoms in total. The Morgan fingerprint density at radius 2 is 1.62 bits per heavy atom. The molecule has 0 fully saturated rings. The van der Waals surface area contributed by atoms with Crippen molar-refractivity contribution < 1.29 is 38.7 Å². The quantitative estimate of drug-likeness (QED) is 0.333. The summed E-state index contributed by atoms with van der Waals surface area (Å²) in [5.41, 5.74) is 1.55. The molecule has 0 saturated heterocycles. The molecule has 0 heterocycles. The van der Waals surface area contributed by atoms with Gasteiger partial charge in [0.2, 0.25) is 0 Å². The predicted molar refractivity (Wildman–Crippen MR) is 120 cm³/mol. The Morgan fingerprint density at radius 1 is 0.969 bits per heavy atom. The number of benzene rings is 1. The third-order valence-corrected chi connectivity index (χ3v) is 4.29. The van der Waals surface area contributed by atoms with E-state index in [9.17, 15) is 14.7 Å². The van der Waals surface area contributed by atoms with Crippen LogP contribution in [0, 0.1) is 6.92 Å². The summed E-state index contributed by atoms with van der Waals surface area (Å²) in [4.78, 5) is 22.9. The first-order chi connectivity index (χ1) is 15.1. The van der Waals surface area contributed by atoms with Gasteiger partial charge in [-0.2, -0.15) is 0 Å². The Morgan fingerprint density at radius 3 is 2.25 bits per heavy atom. The van der Waals surface area contributed by atoms with Crippen LogP contribution < -0.4 is 10.6 Å². The molecule has 10 heteroatoms. The van der Waals surface area contributed by atoms with Gasteiger partial charge in [-0.05, 0) is 58.7 Å². The van der Waals surface area contributed by atoms with Gasteiger partial charge in [-0.25, -0.2) is 9.59 Å². The van der Waals surface area contributed by atoms with Crippen molar-refractivity contribution in [1.82, 2.24) is 0 Å². The van der Waals surface area contributed by atoms with Crippen molar-refractivity contribution in [2.75, 3.05) is 37.1 Å². The number of amides is 2. The molecule has 0 spiro atoms. The molecule has 0 unspecified atom stereocenters. The highest BCUT2D eigenvalue weighted by atomic mass is 16.6. The van der Waals surface area contributed by atoms with Crippen molar-refractivity contribution in [3.05, 3.63) is 23.8 Å². The number of hydrogen-bond donors (Lipinski definition) is 4. The Hall–Kier alpha value is -2.40. The minimum Gasteiger partial charge on any atom is -0.465 e. The van der Waals surface area contributed by atoms with Crippen LogP contribution in [0.3, 0.4) is 0 Å². The molecular formula is C22H36N2O8. The van der Waals surface area contributed by atoms with Gasteiger partial charge in [0, 0.05) is 18.0 Å². The van der Waals surface area contributed by atoms with Gasteiger partial charge < -0.3 is 29.2 Å². The molecule has 0 saturated carbocycles. The lowest BCUT2D eigenvalue weighted by atomic mass is 10.2. The van der Waals surface area contributed by atoms with Crippen LogP contribution in [0.4, 0.5) is 21.0 Å². The van der Waals surface area contributed by atoms with E-state index in [1.54, 1.807) is 32.9 Å². The van der Waals surface area contributed by atoms with Gasteiger partial charge in [-0.1, -0.05) is 6.07 Å². The van der Waals surface area contributed by atoms with Gasteiger partial charge in [0.15, 0.2) is 0 Å². The number of aliphatic hydroxyl groups excluding tert-OH is 1. The van der Waals surface area contributed by atoms with Crippen LogP contribution in [0.1, 0.15) is 39.7 Å². The van der Waals surface area contributed by atoms with Crippen LogP contribution >= 0.6 is 0 Å². The Labute approximate surface area is 189 Å². The molecule has 32 heavy (non-hydrogen) atoms. The fraction of sp³-hybridized carbons (Fsp3) is 0.636. The van der Waals surface area contributed by atoms with E-state index in [0.29, 0.717) is 37.6 Å².